The molecule has 0 aliphatic carbocycles. The molecule has 2 aromatic carbocycles. The molecule has 152 valence electrons. The van der Waals surface area contributed by atoms with Crippen molar-refractivity contribution in [3.8, 4) is 17.1 Å². The molecule has 1 fully saturated rings. The largest absolute Gasteiger partial charge is 0.494 e. The van der Waals surface area contributed by atoms with Gasteiger partial charge in [-0.1, -0.05) is 24.3 Å². The summed E-state index contributed by atoms with van der Waals surface area (Å²) < 4.78 is 24.0. The van der Waals surface area contributed by atoms with Gasteiger partial charge < -0.3 is 9.30 Å². The van der Waals surface area contributed by atoms with Crippen molar-refractivity contribution in [3.05, 3.63) is 64.7 Å². The number of hydrogen-bond acceptors (Lipinski definition) is 4. The highest BCUT2D eigenvalue weighted by molar-refractivity contribution is 7.71. The van der Waals surface area contributed by atoms with Crippen LogP contribution in [0.4, 0.5) is 4.39 Å². The fourth-order valence-corrected chi connectivity index (χ4v) is 4.14. The number of aromatic nitrogens is 3. The van der Waals surface area contributed by atoms with Crippen molar-refractivity contribution >= 4 is 12.2 Å². The van der Waals surface area contributed by atoms with E-state index in [1.165, 1.54) is 11.6 Å². The van der Waals surface area contributed by atoms with Gasteiger partial charge >= 0.3 is 0 Å². The second-order valence-electron chi connectivity index (χ2n) is 7.26. The Bertz CT molecular complexity index is 1040. The molecule has 3 aromatic rings. The smallest absolute Gasteiger partial charge is 0.199 e. The van der Waals surface area contributed by atoms with Gasteiger partial charge in [0.15, 0.2) is 10.6 Å². The van der Waals surface area contributed by atoms with E-state index in [4.69, 9.17) is 17.0 Å². The first-order chi connectivity index (χ1) is 14.1. The van der Waals surface area contributed by atoms with Gasteiger partial charge in [-0.15, -0.1) is 0 Å². The molecular formula is C22H25FN4OS. The third-order valence-electron chi connectivity index (χ3n) is 5.41. The van der Waals surface area contributed by atoms with Crippen LogP contribution in [0.15, 0.2) is 48.5 Å². The van der Waals surface area contributed by atoms with Crippen molar-refractivity contribution in [2.45, 2.75) is 32.5 Å². The van der Waals surface area contributed by atoms with Gasteiger partial charge in [-0.05, 0) is 61.8 Å². The van der Waals surface area contributed by atoms with Crippen LogP contribution in [0.25, 0.3) is 11.4 Å². The molecule has 1 atom stereocenters. The van der Waals surface area contributed by atoms with Crippen molar-refractivity contribution in [3.63, 3.8) is 0 Å². The molecule has 0 bridgehead atoms. The second-order valence-corrected chi connectivity index (χ2v) is 7.62. The molecule has 1 aliphatic rings. The Balaban J connectivity index is 1.58. The van der Waals surface area contributed by atoms with E-state index >= 15 is 0 Å². The second kappa shape index (κ2) is 8.47. The summed E-state index contributed by atoms with van der Waals surface area (Å²) in [5.74, 6) is 1.14. The number of likely N-dealkylation sites (tertiary alicyclic amines) is 1. The highest BCUT2D eigenvalue weighted by Gasteiger charge is 2.27. The number of rotatable bonds is 6. The third kappa shape index (κ3) is 3.97. The first kappa shape index (κ1) is 19.8. The van der Waals surface area contributed by atoms with Crippen LogP contribution >= 0.6 is 12.2 Å². The zero-order valence-electron chi connectivity index (χ0n) is 16.7. The molecule has 29 heavy (non-hydrogen) atoms. The Morgan fingerprint density at radius 2 is 1.93 bits per heavy atom. The number of halogens is 1. The van der Waals surface area contributed by atoms with E-state index in [-0.39, 0.29) is 5.82 Å². The Labute approximate surface area is 175 Å². The Kier molecular flexibility index (Phi) is 5.78. The lowest BCUT2D eigenvalue weighted by atomic mass is 10.0. The maximum absolute atomic E-state index is 14.3. The van der Waals surface area contributed by atoms with Crippen molar-refractivity contribution in [2.75, 3.05) is 13.2 Å². The van der Waals surface area contributed by atoms with Gasteiger partial charge in [-0.2, -0.15) is 5.10 Å². The standard InChI is InChI=1S/C22H25FN4OS/c1-3-28-17-12-10-16(11-13-17)20-9-6-14-26(20)15-27-22(29)25(2)21(24-27)18-7-4-5-8-19(18)23/h4-5,7-8,10-13,20H,3,6,9,14-15H2,1-2H3/t20-/m0/s1. The Hall–Kier alpha value is -2.51. The Morgan fingerprint density at radius 1 is 1.17 bits per heavy atom. The fourth-order valence-electron chi connectivity index (χ4n) is 3.95. The summed E-state index contributed by atoms with van der Waals surface area (Å²) in [5, 5.41) is 4.64. The monoisotopic (exact) mass is 412 g/mol. The highest BCUT2D eigenvalue weighted by atomic mass is 32.1. The van der Waals surface area contributed by atoms with Gasteiger partial charge in [0.1, 0.15) is 11.6 Å². The van der Waals surface area contributed by atoms with Gasteiger partial charge in [-0.3, -0.25) is 4.90 Å². The van der Waals surface area contributed by atoms with Crippen molar-refractivity contribution < 1.29 is 9.13 Å². The van der Waals surface area contributed by atoms with Crippen LogP contribution in [-0.4, -0.2) is 32.4 Å². The van der Waals surface area contributed by atoms with Crippen LogP contribution in [0, 0.1) is 10.6 Å². The van der Waals surface area contributed by atoms with E-state index in [1.54, 1.807) is 21.4 Å². The van der Waals surface area contributed by atoms with E-state index in [0.29, 0.717) is 35.5 Å². The fraction of sp³-hybridized carbons (Fsp3) is 0.364. The van der Waals surface area contributed by atoms with Gasteiger partial charge in [0, 0.05) is 19.6 Å². The molecule has 0 unspecified atom stereocenters. The maximum Gasteiger partial charge on any atom is 0.199 e. The Morgan fingerprint density at radius 3 is 2.66 bits per heavy atom. The summed E-state index contributed by atoms with van der Waals surface area (Å²) in [4.78, 5) is 2.38. The molecule has 0 N–H and O–H groups in total. The molecule has 1 saturated heterocycles. The molecule has 0 saturated carbocycles. The normalized spacial score (nSPS) is 17.0. The summed E-state index contributed by atoms with van der Waals surface area (Å²) in [5.41, 5.74) is 1.73. The van der Waals surface area contributed by atoms with Gasteiger partial charge in [0.25, 0.3) is 0 Å². The minimum Gasteiger partial charge on any atom is -0.494 e. The zero-order chi connectivity index (χ0) is 20.4. The summed E-state index contributed by atoms with van der Waals surface area (Å²) in [7, 11) is 1.83. The first-order valence-electron chi connectivity index (χ1n) is 9.94. The molecule has 7 heteroatoms. The molecule has 0 spiro atoms. The van der Waals surface area contributed by atoms with E-state index in [1.807, 2.05) is 32.2 Å². The van der Waals surface area contributed by atoms with Crippen LogP contribution in [-0.2, 0) is 13.7 Å². The van der Waals surface area contributed by atoms with Gasteiger partial charge in [0.05, 0.1) is 18.8 Å². The van der Waals surface area contributed by atoms with Crippen LogP contribution in [0.5, 0.6) is 5.75 Å². The third-order valence-corrected chi connectivity index (χ3v) is 5.90. The minimum absolute atomic E-state index is 0.295. The van der Waals surface area contributed by atoms with Crippen LogP contribution in [0.1, 0.15) is 31.4 Å². The molecule has 1 aromatic heterocycles. The molecule has 5 nitrogen and oxygen atoms in total. The molecular weight excluding hydrogens is 387 g/mol. The van der Waals surface area contributed by atoms with Gasteiger partial charge in [0.2, 0.25) is 0 Å². The minimum atomic E-state index is -0.295. The van der Waals surface area contributed by atoms with E-state index in [0.717, 1.165) is 25.1 Å². The lowest BCUT2D eigenvalue weighted by molar-refractivity contribution is 0.190. The molecule has 2 heterocycles. The molecule has 4 rings (SSSR count). The SMILES string of the molecule is CCOc1ccc([C@@H]2CCCN2Cn2nc(-c3ccccc3F)n(C)c2=S)cc1. The molecule has 0 radical (unpaired) electrons. The highest BCUT2D eigenvalue weighted by Crippen LogP contribution is 2.33. The van der Waals surface area contributed by atoms with E-state index in [9.17, 15) is 4.39 Å². The molecule has 1 aliphatic heterocycles. The van der Waals surface area contributed by atoms with Crippen LogP contribution in [0.3, 0.4) is 0 Å². The summed E-state index contributed by atoms with van der Waals surface area (Å²) in [6, 6.07) is 15.3. The average molecular weight is 413 g/mol. The number of nitrogens with zero attached hydrogens (tertiary/aromatic N) is 4. The predicted molar refractivity (Wildman–Crippen MR) is 114 cm³/mol. The average Bonchev–Trinajstić information content (AvgIpc) is 3.30. The zero-order valence-corrected chi connectivity index (χ0v) is 17.5. The lowest BCUT2D eigenvalue weighted by Gasteiger charge is -2.24. The number of ether oxygens (including phenoxy) is 1. The lowest BCUT2D eigenvalue weighted by Crippen LogP contribution is -2.27. The quantitative estimate of drug-likeness (QED) is 0.537. The topological polar surface area (TPSA) is 35.2 Å². The van der Waals surface area contributed by atoms with Gasteiger partial charge in [-0.25, -0.2) is 9.07 Å². The van der Waals surface area contributed by atoms with Crippen LogP contribution < -0.4 is 4.74 Å². The maximum atomic E-state index is 14.3. The van der Waals surface area contributed by atoms with Crippen molar-refractivity contribution in [1.29, 1.82) is 0 Å². The summed E-state index contributed by atoms with van der Waals surface area (Å²) in [6.07, 6.45) is 2.21. The van der Waals surface area contributed by atoms with E-state index < -0.39 is 0 Å². The first-order valence-corrected chi connectivity index (χ1v) is 10.3. The van der Waals surface area contributed by atoms with Crippen LogP contribution in [0.2, 0.25) is 0 Å². The van der Waals surface area contributed by atoms with Crippen molar-refractivity contribution in [2.24, 2.45) is 7.05 Å². The number of hydrogen-bond donors (Lipinski definition) is 0. The summed E-state index contributed by atoms with van der Waals surface area (Å²) in [6.45, 7) is 4.21. The van der Waals surface area contributed by atoms with Crippen molar-refractivity contribution in [1.82, 2.24) is 19.2 Å². The number of benzene rings is 2. The van der Waals surface area contributed by atoms with E-state index in [2.05, 4.69) is 22.1 Å². The predicted octanol–water partition coefficient (Wildman–Crippen LogP) is 4.95. The molecule has 0 amide bonds. The summed E-state index contributed by atoms with van der Waals surface area (Å²) >= 11 is 5.59.